The van der Waals surface area contributed by atoms with Crippen LogP contribution in [0.2, 0.25) is 18.1 Å². The molecule has 0 aromatic carbocycles. The van der Waals surface area contributed by atoms with Gasteiger partial charge in [-0.25, -0.2) is 0 Å². The van der Waals surface area contributed by atoms with E-state index in [9.17, 15) is 0 Å². The third kappa shape index (κ3) is 6.53. The average Bonchev–Trinajstić information content (AvgIpc) is 2.38. The molecular weight excluding hydrogens is 234 g/mol. The zero-order valence-electron chi connectivity index (χ0n) is 13.4. The van der Waals surface area contributed by atoms with Gasteiger partial charge in [0, 0.05) is 12.3 Å². The van der Waals surface area contributed by atoms with Crippen LogP contribution in [0.5, 0.6) is 0 Å². The van der Waals surface area contributed by atoms with E-state index in [2.05, 4.69) is 58.4 Å². The Morgan fingerprint density at radius 1 is 1.06 bits per heavy atom. The molecule has 1 nitrogen and oxygen atoms in total. The molecule has 0 radical (unpaired) electrons. The molecule has 0 aliphatic rings. The number of hydrogen-bond donors (Lipinski definition) is 0. The fourth-order valence-electron chi connectivity index (χ4n) is 2.25. The minimum atomic E-state index is -1.16. The van der Waals surface area contributed by atoms with Gasteiger partial charge in [-0.1, -0.05) is 57.9 Å². The molecule has 0 amide bonds. The van der Waals surface area contributed by atoms with E-state index >= 15 is 0 Å². The highest BCUT2D eigenvalue weighted by atomic mass is 28.3. The zero-order chi connectivity index (χ0) is 14.0. The molecule has 106 valence electrons. The lowest BCUT2D eigenvalue weighted by Crippen LogP contribution is -2.29. The molecule has 0 spiro atoms. The molecule has 0 aliphatic heterocycles. The minimum absolute atomic E-state index is 0.413. The van der Waals surface area contributed by atoms with Crippen LogP contribution in [-0.4, -0.2) is 20.3 Å². The molecule has 0 unspecified atom stereocenters. The molecule has 0 fully saturated rings. The summed E-state index contributed by atoms with van der Waals surface area (Å²) < 4.78 is 0. The second kappa shape index (κ2) is 9.54. The number of aliphatic imine (C=N–C) groups is 1. The molecule has 0 rings (SSSR count). The van der Waals surface area contributed by atoms with E-state index in [1.165, 1.54) is 43.0 Å². The molecule has 2 heteroatoms. The van der Waals surface area contributed by atoms with Gasteiger partial charge in [-0.05, 0) is 32.3 Å². The Balaban J connectivity index is 5.00. The van der Waals surface area contributed by atoms with Gasteiger partial charge in [0.05, 0.1) is 8.07 Å². The van der Waals surface area contributed by atoms with Gasteiger partial charge in [0.1, 0.15) is 0 Å². The standard InChI is InChI=1S/C16H33NSi/c1-7-11-12-16(13-17-15(5)6)14-18(8-2,9-3)10-4/h13-15H,7-12H2,1-6H3/b16-14-,17-13?. The largest absolute Gasteiger partial charge is 0.290 e. The van der Waals surface area contributed by atoms with Crippen molar-refractivity contribution in [1.29, 1.82) is 0 Å². The van der Waals surface area contributed by atoms with E-state index in [1.54, 1.807) is 0 Å². The average molecular weight is 268 g/mol. The molecule has 0 bridgehead atoms. The van der Waals surface area contributed by atoms with Crippen LogP contribution >= 0.6 is 0 Å². The van der Waals surface area contributed by atoms with Crippen molar-refractivity contribution in [3.05, 3.63) is 11.3 Å². The summed E-state index contributed by atoms with van der Waals surface area (Å²) in [6, 6.07) is 4.51. The van der Waals surface area contributed by atoms with Crippen molar-refractivity contribution >= 4 is 14.3 Å². The highest BCUT2D eigenvalue weighted by molar-refractivity contribution is 6.84. The quantitative estimate of drug-likeness (QED) is 0.379. The molecule has 0 saturated carbocycles. The van der Waals surface area contributed by atoms with Crippen molar-refractivity contribution in [3.8, 4) is 0 Å². The maximum Gasteiger partial charge on any atom is 0.0774 e. The molecule has 0 aromatic heterocycles. The minimum Gasteiger partial charge on any atom is -0.290 e. The fraction of sp³-hybridized carbons (Fsp3) is 0.812. The van der Waals surface area contributed by atoms with Gasteiger partial charge in [0.25, 0.3) is 0 Å². The van der Waals surface area contributed by atoms with Crippen LogP contribution in [0.15, 0.2) is 16.3 Å². The Kier molecular flexibility index (Phi) is 9.35. The second-order valence-electron chi connectivity index (χ2n) is 5.62. The summed E-state index contributed by atoms with van der Waals surface area (Å²) in [5.41, 5.74) is 4.15. The van der Waals surface area contributed by atoms with Crippen LogP contribution in [0.25, 0.3) is 0 Å². The first kappa shape index (κ1) is 17.6. The molecule has 0 N–H and O–H groups in total. The summed E-state index contributed by atoms with van der Waals surface area (Å²) in [5.74, 6) is 0. The van der Waals surface area contributed by atoms with Gasteiger partial charge in [-0.2, -0.15) is 0 Å². The summed E-state index contributed by atoms with van der Waals surface area (Å²) in [4.78, 5) is 4.59. The van der Waals surface area contributed by atoms with Crippen molar-refractivity contribution in [2.75, 3.05) is 0 Å². The van der Waals surface area contributed by atoms with Crippen molar-refractivity contribution in [3.63, 3.8) is 0 Å². The lowest BCUT2D eigenvalue weighted by molar-refractivity contribution is 0.799. The van der Waals surface area contributed by atoms with E-state index in [0.29, 0.717) is 6.04 Å². The predicted molar refractivity (Wildman–Crippen MR) is 88.4 cm³/mol. The van der Waals surface area contributed by atoms with Gasteiger partial charge in [-0.3, -0.25) is 4.99 Å². The SMILES string of the molecule is CCCC/C(C=NC(C)C)=C/[Si](CC)(CC)CC. The fourth-order valence-corrected chi connectivity index (χ4v) is 5.37. The number of nitrogens with zero attached hydrogens (tertiary/aromatic N) is 1. The van der Waals surface area contributed by atoms with Gasteiger partial charge in [0.15, 0.2) is 0 Å². The monoisotopic (exact) mass is 267 g/mol. The Morgan fingerprint density at radius 3 is 2.00 bits per heavy atom. The van der Waals surface area contributed by atoms with Crippen LogP contribution in [0, 0.1) is 0 Å². The highest BCUT2D eigenvalue weighted by Crippen LogP contribution is 2.24. The normalized spacial score (nSPS) is 13.8. The van der Waals surface area contributed by atoms with Crippen LogP contribution < -0.4 is 0 Å². The Bertz CT molecular complexity index is 254. The number of allylic oxidation sites excluding steroid dienone is 1. The molecule has 0 atom stereocenters. The van der Waals surface area contributed by atoms with E-state index in [-0.39, 0.29) is 0 Å². The summed E-state index contributed by atoms with van der Waals surface area (Å²) in [7, 11) is -1.16. The summed E-state index contributed by atoms with van der Waals surface area (Å²) in [6.07, 6.45) is 5.92. The van der Waals surface area contributed by atoms with Gasteiger partial charge < -0.3 is 0 Å². The van der Waals surface area contributed by atoms with Crippen LogP contribution in [-0.2, 0) is 0 Å². The molecule has 18 heavy (non-hydrogen) atoms. The maximum absolute atomic E-state index is 4.59. The topological polar surface area (TPSA) is 12.4 Å². The van der Waals surface area contributed by atoms with Crippen molar-refractivity contribution < 1.29 is 0 Å². The molecule has 0 aromatic rings. The van der Waals surface area contributed by atoms with E-state index in [0.717, 1.165) is 0 Å². The first-order valence-corrected chi connectivity index (χ1v) is 10.5. The zero-order valence-corrected chi connectivity index (χ0v) is 14.4. The molecule has 0 aliphatic carbocycles. The first-order valence-electron chi connectivity index (χ1n) is 7.78. The van der Waals surface area contributed by atoms with E-state index < -0.39 is 8.07 Å². The van der Waals surface area contributed by atoms with Gasteiger partial charge >= 0.3 is 0 Å². The van der Waals surface area contributed by atoms with Crippen molar-refractivity contribution in [2.45, 2.75) is 85.0 Å². The van der Waals surface area contributed by atoms with Gasteiger partial charge in [0.2, 0.25) is 0 Å². The number of unbranched alkanes of at least 4 members (excludes halogenated alkanes) is 1. The van der Waals surface area contributed by atoms with Crippen LogP contribution in [0.1, 0.15) is 60.8 Å². The number of hydrogen-bond acceptors (Lipinski definition) is 1. The van der Waals surface area contributed by atoms with Gasteiger partial charge in [-0.15, -0.1) is 0 Å². The lowest BCUT2D eigenvalue weighted by atomic mass is 10.1. The number of rotatable bonds is 9. The van der Waals surface area contributed by atoms with E-state index in [1.807, 2.05) is 0 Å². The third-order valence-corrected chi connectivity index (χ3v) is 9.17. The first-order chi connectivity index (χ1) is 8.53. The van der Waals surface area contributed by atoms with Crippen molar-refractivity contribution in [1.82, 2.24) is 0 Å². The van der Waals surface area contributed by atoms with Crippen molar-refractivity contribution in [2.24, 2.45) is 4.99 Å². The summed E-state index contributed by atoms with van der Waals surface area (Å²) >= 11 is 0. The molecule has 0 heterocycles. The maximum atomic E-state index is 4.59. The lowest BCUT2D eigenvalue weighted by Gasteiger charge is -2.25. The summed E-state index contributed by atoms with van der Waals surface area (Å²) in [6.45, 7) is 13.7. The predicted octanol–water partition coefficient (Wildman–Crippen LogP) is 5.63. The smallest absolute Gasteiger partial charge is 0.0774 e. The molecule has 0 saturated heterocycles. The Morgan fingerprint density at radius 2 is 1.61 bits per heavy atom. The summed E-state index contributed by atoms with van der Waals surface area (Å²) in [5, 5.41) is 0. The highest BCUT2D eigenvalue weighted by Gasteiger charge is 2.24. The molecular formula is C16H33NSi. The van der Waals surface area contributed by atoms with Crippen LogP contribution in [0.3, 0.4) is 0 Å². The third-order valence-electron chi connectivity index (χ3n) is 3.96. The Labute approximate surface area is 116 Å². The Hall–Kier alpha value is -0.373. The van der Waals surface area contributed by atoms with Crippen LogP contribution in [0.4, 0.5) is 0 Å². The van der Waals surface area contributed by atoms with E-state index in [4.69, 9.17) is 0 Å². The second-order valence-corrected chi connectivity index (χ2v) is 10.8.